The molecule has 0 saturated heterocycles. The Balaban J connectivity index is 2.59. The number of aromatic nitrogens is 2. The van der Waals surface area contributed by atoms with Crippen LogP contribution in [0.1, 0.15) is 6.92 Å². The van der Waals surface area contributed by atoms with E-state index in [-0.39, 0.29) is 5.00 Å². The van der Waals surface area contributed by atoms with Crippen LogP contribution < -0.4 is 5.32 Å². The van der Waals surface area contributed by atoms with E-state index in [2.05, 4.69) is 14.9 Å². The van der Waals surface area contributed by atoms with E-state index in [0.717, 1.165) is 18.5 Å². The van der Waals surface area contributed by atoms with Crippen LogP contribution in [0.4, 0.5) is 18.2 Å². The third-order valence-electron chi connectivity index (χ3n) is 1.49. The van der Waals surface area contributed by atoms with Gasteiger partial charge in [-0.1, -0.05) is 4.49 Å². The third kappa shape index (κ3) is 2.66. The number of carbonyl (C=O) groups excluding carboxylic acids is 1. The van der Waals surface area contributed by atoms with Gasteiger partial charge in [0.05, 0.1) is 6.20 Å². The molecule has 78 valence electrons. The molecule has 1 N–H and O–H groups in total. The highest BCUT2D eigenvalue weighted by molar-refractivity contribution is 7.10. The molecular weight excluding hydrogens is 219 g/mol. The zero-order chi connectivity index (χ0) is 10.8. The maximum atomic E-state index is 12.0. The highest BCUT2D eigenvalue weighted by Crippen LogP contribution is 2.26. The molecule has 14 heavy (non-hydrogen) atoms. The van der Waals surface area contributed by atoms with Crippen molar-refractivity contribution in [1.29, 1.82) is 0 Å². The van der Waals surface area contributed by atoms with E-state index in [9.17, 15) is 18.0 Å². The quantitative estimate of drug-likeness (QED) is 0.833. The molecule has 1 heterocycles. The zero-order valence-electron chi connectivity index (χ0n) is 7.00. The summed E-state index contributed by atoms with van der Waals surface area (Å²) in [4.78, 5) is 11.0. The van der Waals surface area contributed by atoms with Gasteiger partial charge in [-0.3, -0.25) is 4.79 Å². The lowest BCUT2D eigenvalue weighted by atomic mass is 10.1. The average molecular weight is 225 g/mol. The minimum Gasteiger partial charge on any atom is -0.315 e. The summed E-state index contributed by atoms with van der Waals surface area (Å²) in [6.45, 7) is 0.795. The average Bonchev–Trinajstić information content (AvgIpc) is 2.53. The Labute approximate surface area is 81.3 Å². The molecule has 0 aliphatic carbocycles. The van der Waals surface area contributed by atoms with E-state index in [4.69, 9.17) is 0 Å². The van der Waals surface area contributed by atoms with Crippen LogP contribution in [0.2, 0.25) is 0 Å². The fourth-order valence-electron chi connectivity index (χ4n) is 0.601. The van der Waals surface area contributed by atoms with E-state index < -0.39 is 18.0 Å². The lowest BCUT2D eigenvalue weighted by Gasteiger charge is -2.13. The predicted octanol–water partition coefficient (Wildman–Crippen LogP) is 1.67. The normalized spacial score (nSPS) is 13.7. The fraction of sp³-hybridized carbons (Fsp3) is 0.500. The van der Waals surface area contributed by atoms with E-state index >= 15 is 0 Å². The topological polar surface area (TPSA) is 54.9 Å². The first kappa shape index (κ1) is 10.9. The van der Waals surface area contributed by atoms with E-state index in [1.807, 2.05) is 0 Å². The number of rotatable bonds is 2. The number of alkyl halides is 3. The largest absolute Gasteiger partial charge is 0.400 e. The second kappa shape index (κ2) is 3.91. The Bertz CT molecular complexity index is 311. The number of nitrogens with one attached hydrogen (secondary N) is 1. The molecule has 0 aliphatic heterocycles. The monoisotopic (exact) mass is 225 g/mol. The summed E-state index contributed by atoms with van der Waals surface area (Å²) in [5, 5.41) is 5.63. The summed E-state index contributed by atoms with van der Waals surface area (Å²) >= 11 is 0.819. The van der Waals surface area contributed by atoms with Gasteiger partial charge in [-0.05, 0) is 6.92 Å². The van der Waals surface area contributed by atoms with Crippen molar-refractivity contribution >= 4 is 22.4 Å². The van der Waals surface area contributed by atoms with Gasteiger partial charge in [0.1, 0.15) is 10.9 Å². The summed E-state index contributed by atoms with van der Waals surface area (Å²) < 4.78 is 39.5. The molecule has 0 aromatic carbocycles. The molecule has 4 nitrogen and oxygen atoms in total. The van der Waals surface area contributed by atoms with Crippen LogP contribution in [0, 0.1) is 5.92 Å². The molecule has 0 unspecified atom stereocenters. The molecule has 0 fully saturated rings. The number of hydrogen-bond donors (Lipinski definition) is 1. The van der Waals surface area contributed by atoms with Crippen molar-refractivity contribution in [3.05, 3.63) is 6.20 Å². The highest BCUT2D eigenvalue weighted by atomic mass is 32.1. The first-order chi connectivity index (χ1) is 6.41. The first-order valence-electron chi connectivity index (χ1n) is 3.56. The standard InChI is InChI=1S/C6H6F3N3OS/c1-3(6(7,8)9)5(13)11-4-2-10-12-14-4/h2-3H,1H3,(H,11,13)/t3-/m1/s1. The molecule has 1 amide bonds. The van der Waals surface area contributed by atoms with Gasteiger partial charge in [-0.2, -0.15) is 13.2 Å². The van der Waals surface area contributed by atoms with Crippen LogP contribution in [0.25, 0.3) is 0 Å². The smallest absolute Gasteiger partial charge is 0.315 e. The zero-order valence-corrected chi connectivity index (χ0v) is 7.82. The van der Waals surface area contributed by atoms with Crippen molar-refractivity contribution in [2.75, 3.05) is 5.32 Å². The summed E-state index contributed by atoms with van der Waals surface area (Å²) in [6, 6.07) is 0. The van der Waals surface area contributed by atoms with Crippen molar-refractivity contribution in [3.8, 4) is 0 Å². The molecule has 0 saturated carbocycles. The van der Waals surface area contributed by atoms with Gasteiger partial charge >= 0.3 is 6.18 Å². The minimum atomic E-state index is -4.53. The Hall–Kier alpha value is -1.18. The van der Waals surface area contributed by atoms with Crippen LogP contribution in [-0.2, 0) is 4.79 Å². The molecule has 8 heteroatoms. The van der Waals surface area contributed by atoms with Crippen LogP contribution in [-0.4, -0.2) is 21.7 Å². The fourth-order valence-corrected chi connectivity index (χ4v) is 1.02. The third-order valence-corrected chi connectivity index (χ3v) is 2.07. The van der Waals surface area contributed by atoms with E-state index in [0.29, 0.717) is 0 Å². The number of anilines is 1. The molecule has 1 atom stereocenters. The summed E-state index contributed by atoms with van der Waals surface area (Å²) in [6.07, 6.45) is -3.34. The van der Waals surface area contributed by atoms with Crippen LogP contribution in [0.3, 0.4) is 0 Å². The van der Waals surface area contributed by atoms with Gasteiger partial charge in [0.25, 0.3) is 0 Å². The molecular formula is C6H6F3N3OS. The van der Waals surface area contributed by atoms with Gasteiger partial charge in [-0.25, -0.2) is 0 Å². The molecule has 0 spiro atoms. The molecule has 0 bridgehead atoms. The molecule has 1 aromatic rings. The van der Waals surface area contributed by atoms with Crippen molar-refractivity contribution in [3.63, 3.8) is 0 Å². The lowest BCUT2D eigenvalue weighted by molar-refractivity contribution is -0.175. The van der Waals surface area contributed by atoms with E-state index in [1.165, 1.54) is 6.20 Å². The number of hydrogen-bond acceptors (Lipinski definition) is 4. The molecule has 0 aliphatic rings. The van der Waals surface area contributed by atoms with Gasteiger partial charge in [0.15, 0.2) is 0 Å². The number of nitrogens with zero attached hydrogens (tertiary/aromatic N) is 2. The molecule has 1 rings (SSSR count). The van der Waals surface area contributed by atoms with Crippen molar-refractivity contribution in [1.82, 2.24) is 9.59 Å². The van der Waals surface area contributed by atoms with Crippen molar-refractivity contribution in [2.24, 2.45) is 5.92 Å². The van der Waals surface area contributed by atoms with Gasteiger partial charge in [0, 0.05) is 11.5 Å². The highest BCUT2D eigenvalue weighted by Gasteiger charge is 2.41. The maximum Gasteiger partial charge on any atom is 0.400 e. The van der Waals surface area contributed by atoms with Gasteiger partial charge < -0.3 is 5.32 Å². The Morgan fingerprint density at radius 3 is 2.71 bits per heavy atom. The molecule has 0 radical (unpaired) electrons. The number of carbonyl (C=O) groups is 1. The van der Waals surface area contributed by atoms with Crippen LogP contribution >= 0.6 is 11.5 Å². The van der Waals surface area contributed by atoms with Crippen molar-refractivity contribution < 1.29 is 18.0 Å². The van der Waals surface area contributed by atoms with Crippen molar-refractivity contribution in [2.45, 2.75) is 13.1 Å². The predicted molar refractivity (Wildman–Crippen MR) is 43.8 cm³/mol. The van der Waals surface area contributed by atoms with Crippen LogP contribution in [0.5, 0.6) is 0 Å². The minimum absolute atomic E-state index is 0.200. The SMILES string of the molecule is C[C@H](C(=O)Nc1cnns1)C(F)(F)F. The second-order valence-electron chi connectivity index (χ2n) is 2.53. The Morgan fingerprint density at radius 1 is 1.64 bits per heavy atom. The number of amides is 1. The van der Waals surface area contributed by atoms with E-state index in [1.54, 1.807) is 0 Å². The summed E-state index contributed by atoms with van der Waals surface area (Å²) in [5.74, 6) is -3.15. The Kier molecular flexibility index (Phi) is 3.04. The van der Waals surface area contributed by atoms with Gasteiger partial charge in [-0.15, -0.1) is 5.10 Å². The summed E-state index contributed by atoms with van der Waals surface area (Å²) in [7, 11) is 0. The van der Waals surface area contributed by atoms with Crippen LogP contribution in [0.15, 0.2) is 6.20 Å². The van der Waals surface area contributed by atoms with Gasteiger partial charge in [0.2, 0.25) is 5.91 Å². The Morgan fingerprint density at radius 2 is 2.29 bits per heavy atom. The number of halogens is 3. The lowest BCUT2D eigenvalue weighted by Crippen LogP contribution is -2.32. The second-order valence-corrected chi connectivity index (χ2v) is 3.32. The molecule has 1 aromatic heterocycles. The summed E-state index contributed by atoms with van der Waals surface area (Å²) in [5.41, 5.74) is 0. The maximum absolute atomic E-state index is 12.0. The first-order valence-corrected chi connectivity index (χ1v) is 4.33.